The molecule has 0 aromatic heterocycles. The number of aryl methyl sites for hydroxylation is 1. The molecule has 5 nitrogen and oxygen atoms in total. The molecule has 1 aliphatic rings. The van der Waals surface area contributed by atoms with Crippen LogP contribution < -0.4 is 4.74 Å². The molecule has 1 aromatic rings. The molecule has 1 fully saturated rings. The van der Waals surface area contributed by atoms with Crippen LogP contribution >= 0.6 is 0 Å². The molecular formula is C16H21NO4. The molecule has 21 heavy (non-hydrogen) atoms. The van der Waals surface area contributed by atoms with Crippen LogP contribution in [0.3, 0.4) is 0 Å². The Labute approximate surface area is 124 Å². The Hall–Kier alpha value is -2.04. The van der Waals surface area contributed by atoms with Gasteiger partial charge < -0.3 is 14.7 Å². The van der Waals surface area contributed by atoms with Crippen molar-refractivity contribution < 1.29 is 19.4 Å². The zero-order valence-corrected chi connectivity index (χ0v) is 12.5. The summed E-state index contributed by atoms with van der Waals surface area (Å²) in [5.41, 5.74) is 0.935. The number of nitrogens with zero attached hydrogens (tertiary/aromatic N) is 1. The zero-order chi connectivity index (χ0) is 15.4. The van der Waals surface area contributed by atoms with Crippen molar-refractivity contribution in [3.8, 4) is 5.75 Å². The molecule has 1 unspecified atom stereocenters. The number of carbonyl (C=O) groups excluding carboxylic acids is 1. The van der Waals surface area contributed by atoms with Crippen LogP contribution in [0.4, 0.5) is 0 Å². The molecule has 1 N–H and O–H groups in total. The fraction of sp³-hybridized carbons (Fsp3) is 0.500. The molecule has 0 radical (unpaired) electrons. The molecule has 0 saturated carbocycles. The summed E-state index contributed by atoms with van der Waals surface area (Å²) in [4.78, 5) is 25.2. The third-order valence-electron chi connectivity index (χ3n) is 3.84. The number of rotatable bonds is 4. The fourth-order valence-corrected chi connectivity index (χ4v) is 2.63. The molecule has 114 valence electrons. The number of benzene rings is 1. The van der Waals surface area contributed by atoms with E-state index in [0.29, 0.717) is 0 Å². The van der Waals surface area contributed by atoms with E-state index in [4.69, 9.17) is 4.74 Å². The van der Waals surface area contributed by atoms with E-state index in [0.717, 1.165) is 31.4 Å². The smallest absolute Gasteiger partial charge is 0.339 e. The second-order valence-electron chi connectivity index (χ2n) is 5.53. The first-order valence-corrected chi connectivity index (χ1v) is 7.25. The number of piperidine rings is 1. The number of amides is 1. The van der Waals surface area contributed by atoms with E-state index >= 15 is 0 Å². The van der Waals surface area contributed by atoms with E-state index in [9.17, 15) is 14.7 Å². The number of ether oxygens (including phenoxy) is 1. The molecule has 1 heterocycles. The molecule has 1 amide bonds. The fourth-order valence-electron chi connectivity index (χ4n) is 2.63. The standard InChI is InChI=1S/C16H21NO4/c1-11-6-7-14(13(9-11)16(19)20)21-10-15(18)17-8-4-3-5-12(17)2/h6-7,9,12H,3-5,8,10H2,1-2H3,(H,19,20). The van der Waals surface area contributed by atoms with E-state index in [1.165, 1.54) is 0 Å². The molecule has 1 saturated heterocycles. The van der Waals surface area contributed by atoms with Crippen molar-refractivity contribution in [2.24, 2.45) is 0 Å². The van der Waals surface area contributed by atoms with Gasteiger partial charge in [-0.05, 0) is 45.2 Å². The first-order valence-electron chi connectivity index (χ1n) is 7.25. The van der Waals surface area contributed by atoms with E-state index in [1.54, 1.807) is 18.2 Å². The van der Waals surface area contributed by atoms with Crippen molar-refractivity contribution in [1.82, 2.24) is 4.90 Å². The third kappa shape index (κ3) is 3.74. The van der Waals surface area contributed by atoms with Gasteiger partial charge >= 0.3 is 5.97 Å². The molecular weight excluding hydrogens is 270 g/mol. The molecule has 1 aromatic carbocycles. The lowest BCUT2D eigenvalue weighted by Crippen LogP contribution is -2.44. The van der Waals surface area contributed by atoms with Crippen molar-refractivity contribution in [2.75, 3.05) is 13.2 Å². The van der Waals surface area contributed by atoms with Gasteiger partial charge in [0.25, 0.3) is 5.91 Å². The van der Waals surface area contributed by atoms with E-state index < -0.39 is 5.97 Å². The van der Waals surface area contributed by atoms with Crippen molar-refractivity contribution in [1.29, 1.82) is 0 Å². The SMILES string of the molecule is Cc1ccc(OCC(=O)N2CCCCC2C)c(C(=O)O)c1. The van der Waals surface area contributed by atoms with Gasteiger partial charge in [-0.1, -0.05) is 11.6 Å². The Bertz CT molecular complexity index is 541. The quantitative estimate of drug-likeness (QED) is 0.925. The first kappa shape index (κ1) is 15.4. The van der Waals surface area contributed by atoms with Crippen molar-refractivity contribution in [2.45, 2.75) is 39.2 Å². The number of carboxylic acids is 1. The summed E-state index contributed by atoms with van der Waals surface area (Å²) in [6, 6.07) is 5.15. The number of hydrogen-bond acceptors (Lipinski definition) is 3. The van der Waals surface area contributed by atoms with Crippen LogP contribution in [0.15, 0.2) is 18.2 Å². The minimum atomic E-state index is -1.05. The van der Waals surface area contributed by atoms with Crippen LogP contribution in [0.25, 0.3) is 0 Å². The molecule has 0 aliphatic carbocycles. The van der Waals surface area contributed by atoms with Crippen LogP contribution in [0.5, 0.6) is 5.75 Å². The Kier molecular flexibility index (Phi) is 4.83. The number of carbonyl (C=O) groups is 2. The summed E-state index contributed by atoms with van der Waals surface area (Å²) in [5, 5.41) is 9.17. The number of carboxylic acid groups (broad SMARTS) is 1. The summed E-state index contributed by atoms with van der Waals surface area (Å²) >= 11 is 0. The largest absolute Gasteiger partial charge is 0.483 e. The van der Waals surface area contributed by atoms with Crippen LogP contribution in [-0.4, -0.2) is 41.1 Å². The Morgan fingerprint density at radius 2 is 2.14 bits per heavy atom. The number of likely N-dealkylation sites (tertiary alicyclic amines) is 1. The lowest BCUT2D eigenvalue weighted by molar-refractivity contribution is -0.136. The first-order chi connectivity index (χ1) is 9.99. The Balaban J connectivity index is 2.02. The highest BCUT2D eigenvalue weighted by molar-refractivity contribution is 5.91. The topological polar surface area (TPSA) is 66.8 Å². The van der Waals surface area contributed by atoms with Crippen LogP contribution in [-0.2, 0) is 4.79 Å². The van der Waals surface area contributed by atoms with Gasteiger partial charge in [0.05, 0.1) is 0 Å². The third-order valence-corrected chi connectivity index (χ3v) is 3.84. The molecule has 0 spiro atoms. The number of hydrogen-bond donors (Lipinski definition) is 1. The second-order valence-corrected chi connectivity index (χ2v) is 5.53. The van der Waals surface area contributed by atoms with Gasteiger partial charge in [-0.25, -0.2) is 4.79 Å². The predicted octanol–water partition coefficient (Wildman–Crippen LogP) is 2.47. The van der Waals surface area contributed by atoms with Gasteiger partial charge in [-0.15, -0.1) is 0 Å². The lowest BCUT2D eigenvalue weighted by atomic mass is 10.0. The number of aromatic carboxylic acids is 1. The van der Waals surface area contributed by atoms with Gasteiger partial charge in [0.1, 0.15) is 11.3 Å². The minimum absolute atomic E-state index is 0.0842. The van der Waals surface area contributed by atoms with E-state index in [-0.39, 0.29) is 29.9 Å². The highest BCUT2D eigenvalue weighted by Gasteiger charge is 2.23. The average Bonchev–Trinajstić information content (AvgIpc) is 2.46. The second kappa shape index (κ2) is 6.61. The molecule has 1 atom stereocenters. The van der Waals surface area contributed by atoms with Crippen LogP contribution in [0.1, 0.15) is 42.1 Å². The minimum Gasteiger partial charge on any atom is -0.483 e. The maximum absolute atomic E-state index is 12.2. The highest BCUT2D eigenvalue weighted by Crippen LogP contribution is 2.21. The summed E-state index contributed by atoms with van der Waals surface area (Å²) in [6.45, 7) is 4.49. The van der Waals surface area contributed by atoms with Gasteiger partial charge in [-0.2, -0.15) is 0 Å². The van der Waals surface area contributed by atoms with E-state index in [2.05, 4.69) is 0 Å². The summed E-state index contributed by atoms with van der Waals surface area (Å²) in [5.74, 6) is -0.891. The van der Waals surface area contributed by atoms with Crippen LogP contribution in [0.2, 0.25) is 0 Å². The highest BCUT2D eigenvalue weighted by atomic mass is 16.5. The summed E-state index contributed by atoms with van der Waals surface area (Å²) < 4.78 is 5.44. The zero-order valence-electron chi connectivity index (χ0n) is 12.5. The normalized spacial score (nSPS) is 18.4. The van der Waals surface area contributed by atoms with Crippen molar-refractivity contribution in [3.05, 3.63) is 29.3 Å². The van der Waals surface area contributed by atoms with Crippen LogP contribution in [0, 0.1) is 6.92 Å². The Morgan fingerprint density at radius 3 is 2.81 bits per heavy atom. The molecule has 5 heteroatoms. The molecule has 1 aliphatic heterocycles. The predicted molar refractivity (Wildman–Crippen MR) is 78.7 cm³/mol. The molecule has 2 rings (SSSR count). The molecule has 0 bridgehead atoms. The summed E-state index contributed by atoms with van der Waals surface area (Å²) in [7, 11) is 0. The summed E-state index contributed by atoms with van der Waals surface area (Å²) in [6.07, 6.45) is 3.17. The monoisotopic (exact) mass is 291 g/mol. The Morgan fingerprint density at radius 1 is 1.38 bits per heavy atom. The van der Waals surface area contributed by atoms with Crippen molar-refractivity contribution >= 4 is 11.9 Å². The lowest BCUT2D eigenvalue weighted by Gasteiger charge is -2.33. The van der Waals surface area contributed by atoms with Gasteiger partial charge in [0.15, 0.2) is 6.61 Å². The average molecular weight is 291 g/mol. The van der Waals surface area contributed by atoms with E-state index in [1.807, 2.05) is 18.7 Å². The van der Waals surface area contributed by atoms with Gasteiger partial charge in [-0.3, -0.25) is 4.79 Å². The van der Waals surface area contributed by atoms with Gasteiger partial charge in [0, 0.05) is 12.6 Å². The maximum Gasteiger partial charge on any atom is 0.339 e. The van der Waals surface area contributed by atoms with Crippen molar-refractivity contribution in [3.63, 3.8) is 0 Å². The maximum atomic E-state index is 12.2. The van der Waals surface area contributed by atoms with Gasteiger partial charge in [0.2, 0.25) is 0 Å².